The highest BCUT2D eigenvalue weighted by Gasteiger charge is 2.44. The van der Waals surface area contributed by atoms with Crippen LogP contribution in [0.1, 0.15) is 26.7 Å². The molecule has 0 amide bonds. The normalized spacial score (nSPS) is 16.4. The molecule has 1 aromatic rings. The minimum Gasteiger partial charge on any atom is -0.493 e. The van der Waals surface area contributed by atoms with Gasteiger partial charge in [0.25, 0.3) is 0 Å². The molecule has 1 fully saturated rings. The first-order valence-corrected chi connectivity index (χ1v) is 7.14. The Balaban J connectivity index is 1.67. The standard InChI is InChI=1S/C16H25NO2/c1-13(2)16(8-9-16)12-17-10-11-19-15-7-5-4-6-14(15)18-3/h4-7,13,17H,8-12H2,1-3H3. The van der Waals surface area contributed by atoms with Crippen LogP contribution in [-0.4, -0.2) is 26.8 Å². The van der Waals surface area contributed by atoms with Crippen LogP contribution in [0.15, 0.2) is 24.3 Å². The first kappa shape index (κ1) is 14.2. The van der Waals surface area contributed by atoms with E-state index in [1.54, 1.807) is 7.11 Å². The lowest BCUT2D eigenvalue weighted by Gasteiger charge is -2.20. The lowest BCUT2D eigenvalue weighted by atomic mass is 9.92. The van der Waals surface area contributed by atoms with Crippen LogP contribution < -0.4 is 14.8 Å². The van der Waals surface area contributed by atoms with E-state index in [0.717, 1.165) is 30.5 Å². The highest BCUT2D eigenvalue weighted by Crippen LogP contribution is 2.51. The Morgan fingerprint density at radius 1 is 1.21 bits per heavy atom. The van der Waals surface area contributed by atoms with Crippen LogP contribution in [0.5, 0.6) is 11.5 Å². The molecule has 106 valence electrons. The van der Waals surface area contributed by atoms with Gasteiger partial charge in [-0.2, -0.15) is 0 Å². The van der Waals surface area contributed by atoms with Gasteiger partial charge in [-0.05, 0) is 36.3 Å². The zero-order valence-electron chi connectivity index (χ0n) is 12.2. The summed E-state index contributed by atoms with van der Waals surface area (Å²) in [4.78, 5) is 0. The molecule has 0 saturated heterocycles. The van der Waals surface area contributed by atoms with Gasteiger partial charge in [0.2, 0.25) is 0 Å². The van der Waals surface area contributed by atoms with E-state index < -0.39 is 0 Å². The second-order valence-corrected chi connectivity index (χ2v) is 5.69. The molecule has 1 N–H and O–H groups in total. The number of hydrogen-bond acceptors (Lipinski definition) is 3. The average Bonchev–Trinajstić information content (AvgIpc) is 3.20. The summed E-state index contributed by atoms with van der Waals surface area (Å²) in [6.45, 7) is 7.31. The van der Waals surface area contributed by atoms with Crippen molar-refractivity contribution in [3.8, 4) is 11.5 Å². The molecule has 0 aliphatic heterocycles. The maximum absolute atomic E-state index is 5.74. The van der Waals surface area contributed by atoms with Crippen molar-refractivity contribution >= 4 is 0 Å². The van der Waals surface area contributed by atoms with Gasteiger partial charge in [-0.1, -0.05) is 26.0 Å². The van der Waals surface area contributed by atoms with Crippen LogP contribution in [0.2, 0.25) is 0 Å². The predicted octanol–water partition coefficient (Wildman–Crippen LogP) is 3.10. The fourth-order valence-corrected chi connectivity index (χ4v) is 2.43. The maximum Gasteiger partial charge on any atom is 0.161 e. The third kappa shape index (κ3) is 3.63. The SMILES string of the molecule is COc1ccccc1OCCNCC1(C(C)C)CC1. The third-order valence-electron chi connectivity index (χ3n) is 4.20. The number of hydrogen-bond donors (Lipinski definition) is 1. The largest absolute Gasteiger partial charge is 0.493 e. The molecule has 0 heterocycles. The van der Waals surface area contributed by atoms with Gasteiger partial charge in [0, 0.05) is 13.1 Å². The second-order valence-electron chi connectivity index (χ2n) is 5.69. The van der Waals surface area contributed by atoms with E-state index in [-0.39, 0.29) is 0 Å². The second kappa shape index (κ2) is 6.29. The van der Waals surface area contributed by atoms with Gasteiger partial charge in [0.15, 0.2) is 11.5 Å². The van der Waals surface area contributed by atoms with E-state index in [9.17, 15) is 0 Å². The van der Waals surface area contributed by atoms with Gasteiger partial charge in [-0.3, -0.25) is 0 Å². The number of ether oxygens (including phenoxy) is 2. The monoisotopic (exact) mass is 263 g/mol. The van der Waals surface area contributed by atoms with E-state index in [4.69, 9.17) is 9.47 Å². The molecule has 0 unspecified atom stereocenters. The Labute approximate surface area is 116 Å². The van der Waals surface area contributed by atoms with Gasteiger partial charge in [0.05, 0.1) is 7.11 Å². The Bertz CT molecular complexity index is 399. The predicted molar refractivity (Wildman–Crippen MR) is 77.9 cm³/mol. The van der Waals surface area contributed by atoms with Crippen molar-refractivity contribution in [2.75, 3.05) is 26.8 Å². The van der Waals surface area contributed by atoms with Gasteiger partial charge < -0.3 is 14.8 Å². The van der Waals surface area contributed by atoms with Crippen LogP contribution >= 0.6 is 0 Å². The lowest BCUT2D eigenvalue weighted by Crippen LogP contribution is -2.30. The maximum atomic E-state index is 5.74. The number of para-hydroxylation sites is 2. The van der Waals surface area contributed by atoms with Crippen molar-refractivity contribution in [1.82, 2.24) is 5.32 Å². The first-order valence-electron chi connectivity index (χ1n) is 7.14. The molecule has 0 atom stereocenters. The topological polar surface area (TPSA) is 30.5 Å². The zero-order chi connectivity index (χ0) is 13.7. The van der Waals surface area contributed by atoms with Crippen molar-refractivity contribution < 1.29 is 9.47 Å². The summed E-state index contributed by atoms with van der Waals surface area (Å²) < 4.78 is 11.0. The smallest absolute Gasteiger partial charge is 0.161 e. The lowest BCUT2D eigenvalue weighted by molar-refractivity contribution is 0.277. The van der Waals surface area contributed by atoms with Gasteiger partial charge in [0.1, 0.15) is 6.61 Å². The summed E-state index contributed by atoms with van der Waals surface area (Å²) in [6, 6.07) is 7.77. The summed E-state index contributed by atoms with van der Waals surface area (Å²) >= 11 is 0. The molecule has 19 heavy (non-hydrogen) atoms. The third-order valence-corrected chi connectivity index (χ3v) is 4.20. The highest BCUT2D eigenvalue weighted by atomic mass is 16.5. The van der Waals surface area contributed by atoms with Crippen LogP contribution in [0.25, 0.3) is 0 Å². The Morgan fingerprint density at radius 3 is 2.47 bits per heavy atom. The molecular weight excluding hydrogens is 238 g/mol. The molecule has 3 nitrogen and oxygen atoms in total. The molecular formula is C16H25NO2. The quantitative estimate of drug-likeness (QED) is 0.731. The molecule has 1 aliphatic rings. The fourth-order valence-electron chi connectivity index (χ4n) is 2.43. The van der Waals surface area contributed by atoms with Crippen molar-refractivity contribution in [3.63, 3.8) is 0 Å². The van der Waals surface area contributed by atoms with Crippen LogP contribution in [0.4, 0.5) is 0 Å². The number of rotatable bonds is 8. The minimum absolute atomic E-state index is 0.560. The number of benzene rings is 1. The Hall–Kier alpha value is -1.22. The summed E-state index contributed by atoms with van der Waals surface area (Å²) in [6.07, 6.45) is 2.73. The summed E-state index contributed by atoms with van der Waals surface area (Å²) in [5.74, 6) is 2.38. The molecule has 1 saturated carbocycles. The molecule has 1 aromatic carbocycles. The van der Waals surface area contributed by atoms with Crippen molar-refractivity contribution in [2.45, 2.75) is 26.7 Å². The molecule has 0 bridgehead atoms. The van der Waals surface area contributed by atoms with Gasteiger partial charge in [-0.25, -0.2) is 0 Å². The van der Waals surface area contributed by atoms with E-state index in [1.807, 2.05) is 24.3 Å². The van der Waals surface area contributed by atoms with Crippen LogP contribution in [-0.2, 0) is 0 Å². The van der Waals surface area contributed by atoms with Gasteiger partial charge >= 0.3 is 0 Å². The summed E-state index contributed by atoms with van der Waals surface area (Å²) in [5.41, 5.74) is 0.560. The van der Waals surface area contributed by atoms with E-state index in [1.165, 1.54) is 12.8 Å². The highest BCUT2D eigenvalue weighted by molar-refractivity contribution is 5.39. The Morgan fingerprint density at radius 2 is 1.89 bits per heavy atom. The van der Waals surface area contributed by atoms with Crippen molar-refractivity contribution in [3.05, 3.63) is 24.3 Å². The van der Waals surface area contributed by atoms with Crippen LogP contribution in [0, 0.1) is 11.3 Å². The number of methoxy groups -OCH3 is 1. The van der Waals surface area contributed by atoms with E-state index in [0.29, 0.717) is 12.0 Å². The van der Waals surface area contributed by atoms with Crippen LogP contribution in [0.3, 0.4) is 0 Å². The summed E-state index contributed by atoms with van der Waals surface area (Å²) in [5, 5.41) is 3.51. The average molecular weight is 263 g/mol. The molecule has 1 aliphatic carbocycles. The Kier molecular flexibility index (Phi) is 4.70. The molecule has 0 radical (unpaired) electrons. The minimum atomic E-state index is 0.560. The van der Waals surface area contributed by atoms with Gasteiger partial charge in [-0.15, -0.1) is 0 Å². The molecule has 3 heteroatoms. The molecule has 0 spiro atoms. The number of nitrogens with one attached hydrogen (secondary N) is 1. The van der Waals surface area contributed by atoms with Crippen molar-refractivity contribution in [1.29, 1.82) is 0 Å². The van der Waals surface area contributed by atoms with E-state index >= 15 is 0 Å². The molecule has 0 aromatic heterocycles. The zero-order valence-corrected chi connectivity index (χ0v) is 12.2. The van der Waals surface area contributed by atoms with Crippen molar-refractivity contribution in [2.24, 2.45) is 11.3 Å². The molecule has 2 rings (SSSR count). The van der Waals surface area contributed by atoms with E-state index in [2.05, 4.69) is 19.2 Å². The fraction of sp³-hybridized carbons (Fsp3) is 0.625. The first-order chi connectivity index (χ1) is 9.18. The summed E-state index contributed by atoms with van der Waals surface area (Å²) in [7, 11) is 1.67.